The minimum Gasteiger partial charge on any atom is -0.454 e. The van der Waals surface area contributed by atoms with Crippen LogP contribution < -0.4 is 14.8 Å². The number of hydrogen-bond donors (Lipinski definition) is 1. The number of esters is 1. The summed E-state index contributed by atoms with van der Waals surface area (Å²) >= 11 is 0. The van der Waals surface area contributed by atoms with E-state index in [0.717, 1.165) is 12.5 Å². The molecule has 0 unspecified atom stereocenters. The van der Waals surface area contributed by atoms with Gasteiger partial charge in [0.2, 0.25) is 6.79 Å². The van der Waals surface area contributed by atoms with Gasteiger partial charge in [-0.15, -0.1) is 0 Å². The molecule has 0 saturated carbocycles. The topological polar surface area (TPSA) is 117 Å². The maximum Gasteiger partial charge on any atom is 0.331 e. The van der Waals surface area contributed by atoms with E-state index in [9.17, 15) is 19.7 Å². The summed E-state index contributed by atoms with van der Waals surface area (Å²) in [4.78, 5) is 33.8. The van der Waals surface area contributed by atoms with Crippen LogP contribution in [0.4, 0.5) is 5.69 Å². The van der Waals surface area contributed by atoms with Crippen molar-refractivity contribution in [3.8, 4) is 11.5 Å². The Bertz CT molecular complexity index is 728. The number of carbonyl (C=O) groups excluding carboxylic acids is 2. The third kappa shape index (κ3) is 5.47. The van der Waals surface area contributed by atoms with Gasteiger partial charge < -0.3 is 19.5 Å². The van der Waals surface area contributed by atoms with E-state index in [-0.39, 0.29) is 23.8 Å². The molecule has 9 heteroatoms. The highest BCUT2D eigenvalue weighted by molar-refractivity contribution is 5.90. The number of ether oxygens (including phenoxy) is 3. The maximum absolute atomic E-state index is 11.7. The monoisotopic (exact) mass is 364 g/mol. The van der Waals surface area contributed by atoms with Gasteiger partial charge >= 0.3 is 5.97 Å². The Morgan fingerprint density at radius 3 is 2.69 bits per heavy atom. The van der Waals surface area contributed by atoms with Crippen molar-refractivity contribution in [2.75, 3.05) is 19.9 Å². The number of hydrogen-bond acceptors (Lipinski definition) is 7. The zero-order chi connectivity index (χ0) is 19.1. The number of rotatable bonds is 8. The van der Waals surface area contributed by atoms with E-state index in [1.54, 1.807) is 0 Å². The first-order valence-corrected chi connectivity index (χ1v) is 8.06. The Morgan fingerprint density at radius 1 is 1.35 bits per heavy atom. The van der Waals surface area contributed by atoms with Crippen LogP contribution in [0.5, 0.6) is 11.5 Å². The SMILES string of the molecule is CC(C)CCNC(=O)COC(=O)/C=C/c1cc2c(cc1[N+](=O)[O-])OCO2. The Hall–Kier alpha value is -3.10. The molecule has 1 aromatic rings. The van der Waals surface area contributed by atoms with Gasteiger partial charge in [-0.25, -0.2) is 4.79 Å². The van der Waals surface area contributed by atoms with Crippen molar-refractivity contribution in [3.05, 3.63) is 33.9 Å². The van der Waals surface area contributed by atoms with Crippen molar-refractivity contribution in [1.29, 1.82) is 0 Å². The minimum absolute atomic E-state index is 0.0202. The number of nitro benzene ring substituents is 1. The summed E-state index contributed by atoms with van der Waals surface area (Å²) in [6, 6.07) is 2.64. The van der Waals surface area contributed by atoms with Gasteiger partial charge in [0.05, 0.1) is 16.6 Å². The maximum atomic E-state index is 11.7. The lowest BCUT2D eigenvalue weighted by molar-refractivity contribution is -0.385. The Labute approximate surface area is 150 Å². The predicted octanol–water partition coefficient (Wildman–Crippen LogP) is 2.04. The molecule has 1 aliphatic heterocycles. The summed E-state index contributed by atoms with van der Waals surface area (Å²) in [6.07, 6.45) is 3.08. The van der Waals surface area contributed by atoms with Gasteiger partial charge in [0.1, 0.15) is 0 Å². The fraction of sp³-hybridized carbons (Fsp3) is 0.412. The fourth-order valence-corrected chi connectivity index (χ4v) is 2.13. The predicted molar refractivity (Wildman–Crippen MR) is 91.7 cm³/mol. The van der Waals surface area contributed by atoms with Gasteiger partial charge in [-0.3, -0.25) is 14.9 Å². The van der Waals surface area contributed by atoms with Gasteiger partial charge in [-0.2, -0.15) is 0 Å². The number of carbonyl (C=O) groups is 2. The molecule has 0 bridgehead atoms. The van der Waals surface area contributed by atoms with Crippen molar-refractivity contribution in [3.63, 3.8) is 0 Å². The second kappa shape index (κ2) is 8.84. The van der Waals surface area contributed by atoms with Gasteiger partial charge in [0.25, 0.3) is 11.6 Å². The average Bonchev–Trinajstić information content (AvgIpc) is 3.04. The number of nitrogens with one attached hydrogen (secondary N) is 1. The van der Waals surface area contributed by atoms with Crippen LogP contribution in [0.15, 0.2) is 18.2 Å². The molecule has 0 radical (unpaired) electrons. The molecular weight excluding hydrogens is 344 g/mol. The van der Waals surface area contributed by atoms with Crippen LogP contribution in [0.3, 0.4) is 0 Å². The van der Waals surface area contributed by atoms with Crippen LogP contribution in [0.2, 0.25) is 0 Å². The van der Waals surface area contributed by atoms with E-state index in [1.165, 1.54) is 18.2 Å². The van der Waals surface area contributed by atoms with Crippen LogP contribution in [-0.2, 0) is 14.3 Å². The van der Waals surface area contributed by atoms with Gasteiger partial charge in [0.15, 0.2) is 18.1 Å². The zero-order valence-electron chi connectivity index (χ0n) is 14.5. The second-order valence-electron chi connectivity index (χ2n) is 5.99. The average molecular weight is 364 g/mol. The quantitative estimate of drug-likeness (QED) is 0.325. The Kier molecular flexibility index (Phi) is 6.54. The summed E-state index contributed by atoms with van der Waals surface area (Å²) in [7, 11) is 0. The zero-order valence-corrected chi connectivity index (χ0v) is 14.5. The lowest BCUT2D eigenvalue weighted by Gasteiger charge is -2.07. The van der Waals surface area contributed by atoms with Crippen LogP contribution in [0.1, 0.15) is 25.8 Å². The first kappa shape index (κ1) is 19.2. The molecular formula is C17H20N2O7. The molecule has 140 valence electrons. The van der Waals surface area contributed by atoms with Crippen LogP contribution in [-0.4, -0.2) is 36.7 Å². The van der Waals surface area contributed by atoms with Crippen molar-refractivity contribution in [2.45, 2.75) is 20.3 Å². The van der Waals surface area contributed by atoms with Crippen LogP contribution in [0.25, 0.3) is 6.08 Å². The highest BCUT2D eigenvalue weighted by Crippen LogP contribution is 2.38. The number of nitro groups is 1. The minimum atomic E-state index is -0.782. The smallest absolute Gasteiger partial charge is 0.331 e. The number of amides is 1. The summed E-state index contributed by atoms with van der Waals surface area (Å²) in [5, 5.41) is 13.8. The lowest BCUT2D eigenvalue weighted by atomic mass is 10.1. The van der Waals surface area contributed by atoms with E-state index in [1.807, 2.05) is 13.8 Å². The largest absolute Gasteiger partial charge is 0.454 e. The first-order chi connectivity index (χ1) is 12.4. The molecule has 1 amide bonds. The molecule has 1 aromatic carbocycles. The molecule has 0 atom stereocenters. The summed E-state index contributed by atoms with van der Waals surface area (Å²) in [5.74, 6) is -0.0987. The number of nitrogens with zero attached hydrogens (tertiary/aromatic N) is 1. The summed E-state index contributed by atoms with van der Waals surface area (Å²) in [6.45, 7) is 4.14. The van der Waals surface area contributed by atoms with Crippen LogP contribution >= 0.6 is 0 Å². The highest BCUT2D eigenvalue weighted by atomic mass is 16.7. The van der Waals surface area contributed by atoms with E-state index in [2.05, 4.69) is 5.32 Å². The van der Waals surface area contributed by atoms with Gasteiger partial charge in [-0.1, -0.05) is 13.8 Å². The Balaban J connectivity index is 1.92. The molecule has 2 rings (SSSR count). The molecule has 26 heavy (non-hydrogen) atoms. The summed E-state index contributed by atoms with van der Waals surface area (Å²) < 4.78 is 15.1. The third-order valence-corrected chi connectivity index (χ3v) is 3.51. The second-order valence-corrected chi connectivity index (χ2v) is 5.99. The molecule has 1 N–H and O–H groups in total. The normalized spacial score (nSPS) is 12.4. The van der Waals surface area contributed by atoms with E-state index in [0.29, 0.717) is 18.2 Å². The first-order valence-electron chi connectivity index (χ1n) is 8.06. The van der Waals surface area contributed by atoms with E-state index in [4.69, 9.17) is 14.2 Å². The standard InChI is InChI=1S/C17H20N2O7/c1-11(2)5-6-18-16(20)9-24-17(21)4-3-12-7-14-15(26-10-25-14)8-13(12)19(22)23/h3-4,7-8,11H,5-6,9-10H2,1-2H3,(H,18,20)/b4-3+. The molecule has 0 aromatic heterocycles. The summed E-state index contributed by atoms with van der Waals surface area (Å²) in [5.41, 5.74) is -0.0673. The van der Waals surface area contributed by atoms with E-state index < -0.39 is 23.4 Å². The van der Waals surface area contributed by atoms with Crippen LogP contribution in [0, 0.1) is 16.0 Å². The van der Waals surface area contributed by atoms with Crippen molar-refractivity contribution < 1.29 is 28.7 Å². The van der Waals surface area contributed by atoms with Crippen molar-refractivity contribution in [2.24, 2.45) is 5.92 Å². The number of benzene rings is 1. The molecule has 1 aliphatic rings. The molecule has 0 spiro atoms. The number of fused-ring (bicyclic) bond motifs is 1. The molecule has 9 nitrogen and oxygen atoms in total. The van der Waals surface area contributed by atoms with Gasteiger partial charge in [-0.05, 0) is 24.5 Å². The van der Waals surface area contributed by atoms with E-state index >= 15 is 0 Å². The molecule has 1 heterocycles. The molecule has 0 aliphatic carbocycles. The van der Waals surface area contributed by atoms with Gasteiger partial charge in [0, 0.05) is 12.6 Å². The molecule has 0 fully saturated rings. The lowest BCUT2D eigenvalue weighted by Crippen LogP contribution is -2.29. The molecule has 0 saturated heterocycles. The highest BCUT2D eigenvalue weighted by Gasteiger charge is 2.22. The third-order valence-electron chi connectivity index (χ3n) is 3.51. The van der Waals surface area contributed by atoms with Crippen molar-refractivity contribution >= 4 is 23.6 Å². The Morgan fingerprint density at radius 2 is 2.04 bits per heavy atom. The van der Waals surface area contributed by atoms with Crippen molar-refractivity contribution in [1.82, 2.24) is 5.32 Å². The fourth-order valence-electron chi connectivity index (χ4n) is 2.13.